The van der Waals surface area contributed by atoms with Gasteiger partial charge in [-0.05, 0) is 50.5 Å². The van der Waals surface area contributed by atoms with E-state index >= 15 is 0 Å². The summed E-state index contributed by atoms with van der Waals surface area (Å²) in [5.74, 6) is 0.466. The van der Waals surface area contributed by atoms with Crippen LogP contribution >= 0.6 is 0 Å². The fraction of sp³-hybridized carbons (Fsp3) is 0.462. The van der Waals surface area contributed by atoms with Crippen LogP contribution in [0.15, 0.2) is 18.2 Å². The highest BCUT2D eigenvalue weighted by Gasteiger charge is 2.51. The standard InChI is InChI=1S/C13H18BN5O2/c1-12(2)13(3,4)21-14(20-12)8-5-6-9(10(15)7-8)11-16-18-19-17-11/h5-7H,15H2,1-4H3,(H,16,17,18,19). The highest BCUT2D eigenvalue weighted by Crippen LogP contribution is 2.36. The Morgan fingerprint density at radius 1 is 1.14 bits per heavy atom. The first-order valence-electron chi connectivity index (χ1n) is 6.79. The lowest BCUT2D eigenvalue weighted by molar-refractivity contribution is 0.00578. The Morgan fingerprint density at radius 3 is 2.33 bits per heavy atom. The van der Waals surface area contributed by atoms with Gasteiger partial charge in [-0.1, -0.05) is 6.07 Å². The summed E-state index contributed by atoms with van der Waals surface area (Å²) in [5, 5.41) is 13.8. The lowest BCUT2D eigenvalue weighted by Gasteiger charge is -2.32. The third-order valence-electron chi connectivity index (χ3n) is 4.19. The van der Waals surface area contributed by atoms with Gasteiger partial charge in [0.1, 0.15) is 0 Å². The van der Waals surface area contributed by atoms with Gasteiger partial charge in [0.15, 0.2) is 0 Å². The molecule has 1 aliphatic heterocycles. The molecule has 0 radical (unpaired) electrons. The van der Waals surface area contributed by atoms with E-state index in [1.54, 1.807) is 0 Å². The fourth-order valence-electron chi connectivity index (χ4n) is 2.19. The highest BCUT2D eigenvalue weighted by atomic mass is 16.7. The van der Waals surface area contributed by atoms with E-state index in [4.69, 9.17) is 15.0 Å². The number of nitrogen functional groups attached to an aromatic ring is 1. The first kappa shape index (κ1) is 14.0. The third-order valence-corrected chi connectivity index (χ3v) is 4.19. The van der Waals surface area contributed by atoms with E-state index in [0.29, 0.717) is 11.5 Å². The van der Waals surface area contributed by atoms with Gasteiger partial charge in [-0.15, -0.1) is 10.2 Å². The second-order valence-corrected chi connectivity index (χ2v) is 6.17. The molecule has 1 fully saturated rings. The molecule has 8 heteroatoms. The number of benzene rings is 1. The molecule has 7 nitrogen and oxygen atoms in total. The van der Waals surface area contributed by atoms with Crippen molar-refractivity contribution >= 4 is 18.3 Å². The van der Waals surface area contributed by atoms with Crippen molar-refractivity contribution in [2.45, 2.75) is 38.9 Å². The summed E-state index contributed by atoms with van der Waals surface area (Å²) in [7, 11) is -0.434. The Hall–Kier alpha value is -1.93. The summed E-state index contributed by atoms with van der Waals surface area (Å²) < 4.78 is 12.0. The summed E-state index contributed by atoms with van der Waals surface area (Å²) >= 11 is 0. The Bertz CT molecular complexity index is 641. The maximum Gasteiger partial charge on any atom is 0.494 e. The molecule has 110 valence electrons. The lowest BCUT2D eigenvalue weighted by Crippen LogP contribution is -2.41. The molecule has 1 aliphatic rings. The van der Waals surface area contributed by atoms with Crippen LogP contribution in [0.2, 0.25) is 0 Å². The van der Waals surface area contributed by atoms with Crippen LogP contribution in [0.5, 0.6) is 0 Å². The SMILES string of the molecule is CC1(C)OB(c2ccc(-c3nn[nH]n3)c(N)c2)OC1(C)C. The van der Waals surface area contributed by atoms with E-state index in [0.717, 1.165) is 11.0 Å². The molecule has 1 aromatic heterocycles. The van der Waals surface area contributed by atoms with Crippen LogP contribution in [0, 0.1) is 0 Å². The van der Waals surface area contributed by atoms with E-state index in [-0.39, 0.29) is 11.2 Å². The minimum absolute atomic E-state index is 0.376. The molecule has 0 unspecified atom stereocenters. The number of tetrazole rings is 1. The van der Waals surface area contributed by atoms with Crippen molar-refractivity contribution in [3.05, 3.63) is 18.2 Å². The average Bonchev–Trinajstić information content (AvgIpc) is 2.96. The molecule has 2 aromatic rings. The normalized spacial score (nSPS) is 19.9. The van der Waals surface area contributed by atoms with Crippen LogP contribution in [-0.4, -0.2) is 38.9 Å². The van der Waals surface area contributed by atoms with Crippen LogP contribution in [0.1, 0.15) is 27.7 Å². The number of H-pyrrole nitrogens is 1. The van der Waals surface area contributed by atoms with Crippen molar-refractivity contribution in [2.75, 3.05) is 5.73 Å². The predicted molar refractivity (Wildman–Crippen MR) is 79.7 cm³/mol. The molecule has 0 amide bonds. The topological polar surface area (TPSA) is 98.9 Å². The molecular weight excluding hydrogens is 269 g/mol. The highest BCUT2D eigenvalue weighted by molar-refractivity contribution is 6.62. The predicted octanol–water partition coefficient (Wildman–Crippen LogP) is 0.748. The lowest BCUT2D eigenvalue weighted by atomic mass is 9.78. The first-order chi connectivity index (χ1) is 9.80. The summed E-state index contributed by atoms with van der Waals surface area (Å²) in [6, 6.07) is 5.58. The third kappa shape index (κ3) is 2.30. The number of hydrogen-bond donors (Lipinski definition) is 2. The van der Waals surface area contributed by atoms with Crippen molar-refractivity contribution < 1.29 is 9.31 Å². The van der Waals surface area contributed by atoms with Crippen LogP contribution in [0.25, 0.3) is 11.4 Å². The van der Waals surface area contributed by atoms with Gasteiger partial charge >= 0.3 is 7.12 Å². The van der Waals surface area contributed by atoms with E-state index in [1.807, 2.05) is 45.9 Å². The molecule has 1 aromatic carbocycles. The van der Waals surface area contributed by atoms with Crippen molar-refractivity contribution in [3.63, 3.8) is 0 Å². The number of aromatic amines is 1. The second kappa shape index (κ2) is 4.54. The van der Waals surface area contributed by atoms with Crippen LogP contribution in [-0.2, 0) is 9.31 Å². The van der Waals surface area contributed by atoms with Crippen LogP contribution in [0.3, 0.4) is 0 Å². The molecule has 0 aliphatic carbocycles. The minimum atomic E-state index is -0.434. The summed E-state index contributed by atoms with van der Waals surface area (Å²) in [5.41, 5.74) is 7.49. The van der Waals surface area contributed by atoms with E-state index in [9.17, 15) is 0 Å². The van der Waals surface area contributed by atoms with Crippen molar-refractivity contribution in [2.24, 2.45) is 0 Å². The number of hydrogen-bond acceptors (Lipinski definition) is 6. The maximum absolute atomic E-state index is 6.08. The maximum atomic E-state index is 6.08. The molecule has 0 spiro atoms. The van der Waals surface area contributed by atoms with E-state index in [2.05, 4.69) is 20.6 Å². The zero-order valence-corrected chi connectivity index (χ0v) is 12.5. The number of nitrogens with two attached hydrogens (primary N) is 1. The van der Waals surface area contributed by atoms with Gasteiger partial charge in [-0.3, -0.25) is 0 Å². The molecule has 2 heterocycles. The average molecular weight is 287 g/mol. The summed E-state index contributed by atoms with van der Waals surface area (Å²) in [6.45, 7) is 8.07. The molecule has 3 N–H and O–H groups in total. The van der Waals surface area contributed by atoms with Gasteiger partial charge in [0, 0.05) is 11.3 Å². The Morgan fingerprint density at radius 2 is 1.81 bits per heavy atom. The Kier molecular flexibility index (Phi) is 3.03. The first-order valence-corrected chi connectivity index (χ1v) is 6.79. The largest absolute Gasteiger partial charge is 0.494 e. The number of rotatable bonds is 2. The Balaban J connectivity index is 1.90. The second-order valence-electron chi connectivity index (χ2n) is 6.17. The van der Waals surface area contributed by atoms with Gasteiger partial charge in [0.2, 0.25) is 5.82 Å². The number of aromatic nitrogens is 4. The van der Waals surface area contributed by atoms with Crippen molar-refractivity contribution in [1.29, 1.82) is 0 Å². The van der Waals surface area contributed by atoms with Gasteiger partial charge in [-0.2, -0.15) is 5.21 Å². The van der Waals surface area contributed by atoms with Gasteiger partial charge in [0.05, 0.1) is 11.2 Å². The molecule has 0 atom stereocenters. The van der Waals surface area contributed by atoms with Gasteiger partial charge in [-0.25, -0.2) is 0 Å². The quantitative estimate of drug-likeness (QED) is 0.624. The molecule has 0 bridgehead atoms. The Labute approximate surface area is 123 Å². The number of anilines is 1. The summed E-state index contributed by atoms with van der Waals surface area (Å²) in [4.78, 5) is 0. The smallest absolute Gasteiger partial charge is 0.399 e. The number of nitrogens with one attached hydrogen (secondary N) is 1. The van der Waals surface area contributed by atoms with Crippen LogP contribution < -0.4 is 11.2 Å². The molecular formula is C13H18BN5O2. The van der Waals surface area contributed by atoms with Crippen LogP contribution in [0.4, 0.5) is 5.69 Å². The van der Waals surface area contributed by atoms with Crippen molar-refractivity contribution in [3.8, 4) is 11.4 Å². The zero-order chi connectivity index (χ0) is 15.3. The van der Waals surface area contributed by atoms with Crippen molar-refractivity contribution in [1.82, 2.24) is 20.6 Å². The van der Waals surface area contributed by atoms with E-state index < -0.39 is 7.12 Å². The minimum Gasteiger partial charge on any atom is -0.399 e. The molecule has 1 saturated heterocycles. The van der Waals surface area contributed by atoms with E-state index in [1.165, 1.54) is 0 Å². The van der Waals surface area contributed by atoms with Gasteiger partial charge in [0.25, 0.3) is 0 Å². The fourth-order valence-corrected chi connectivity index (χ4v) is 2.19. The van der Waals surface area contributed by atoms with Gasteiger partial charge < -0.3 is 15.0 Å². The zero-order valence-electron chi connectivity index (χ0n) is 12.5. The monoisotopic (exact) mass is 287 g/mol. The molecule has 0 saturated carbocycles. The summed E-state index contributed by atoms with van der Waals surface area (Å²) in [6.07, 6.45) is 0. The molecule has 21 heavy (non-hydrogen) atoms. The number of nitrogens with zero attached hydrogens (tertiary/aromatic N) is 3. The molecule has 3 rings (SSSR count).